The van der Waals surface area contributed by atoms with E-state index in [-0.39, 0.29) is 34.1 Å². The second-order valence-corrected chi connectivity index (χ2v) is 9.04. The summed E-state index contributed by atoms with van der Waals surface area (Å²) in [6.45, 7) is 1.71. The number of aromatic amines is 2. The summed E-state index contributed by atoms with van der Waals surface area (Å²) >= 11 is 0. The number of carbonyl (C=O) groups is 2. The summed E-state index contributed by atoms with van der Waals surface area (Å²) in [6, 6.07) is 8.61. The Labute approximate surface area is 230 Å². The van der Waals surface area contributed by atoms with Crippen LogP contribution < -0.4 is 20.3 Å². The van der Waals surface area contributed by atoms with Crippen molar-refractivity contribution in [1.82, 2.24) is 24.9 Å². The largest absolute Gasteiger partial charge is 0.497 e. The van der Waals surface area contributed by atoms with Crippen LogP contribution in [0.2, 0.25) is 0 Å². The molecule has 0 saturated carbocycles. The lowest BCUT2D eigenvalue weighted by molar-refractivity contribution is -0.137. The molecule has 41 heavy (non-hydrogen) atoms. The topological polar surface area (TPSA) is 141 Å². The SMILES string of the molecule is COc1cc(NC(=O)c2cc(-c3ncc(C)[nH]3)cc(C(F)(F)F)c2)cc(NC(=O)N(C)c2ncnc3[nH]ccc23)c1. The molecule has 3 heterocycles. The Morgan fingerprint density at radius 2 is 1.76 bits per heavy atom. The van der Waals surface area contributed by atoms with Crippen molar-refractivity contribution < 1.29 is 27.5 Å². The van der Waals surface area contributed by atoms with E-state index in [9.17, 15) is 22.8 Å². The maximum atomic E-state index is 13.7. The van der Waals surface area contributed by atoms with Crippen LogP contribution in [-0.4, -0.2) is 51.0 Å². The number of aromatic nitrogens is 5. The van der Waals surface area contributed by atoms with Gasteiger partial charge in [-0.1, -0.05) is 0 Å². The molecule has 2 aromatic carbocycles. The number of halogens is 3. The first kappa shape index (κ1) is 27.2. The number of benzene rings is 2. The molecule has 0 unspecified atom stereocenters. The highest BCUT2D eigenvalue weighted by Crippen LogP contribution is 2.33. The van der Waals surface area contributed by atoms with Crippen LogP contribution in [0.15, 0.2) is 61.2 Å². The van der Waals surface area contributed by atoms with Gasteiger partial charge >= 0.3 is 12.2 Å². The number of aryl methyl sites for hydroxylation is 1. The molecule has 0 fully saturated rings. The molecule has 0 radical (unpaired) electrons. The Morgan fingerprint density at radius 3 is 2.44 bits per heavy atom. The second-order valence-electron chi connectivity index (χ2n) is 9.04. The van der Waals surface area contributed by atoms with Gasteiger partial charge in [0.1, 0.15) is 29.4 Å². The van der Waals surface area contributed by atoms with Gasteiger partial charge in [-0.15, -0.1) is 0 Å². The van der Waals surface area contributed by atoms with E-state index in [0.29, 0.717) is 22.5 Å². The van der Waals surface area contributed by atoms with Crippen molar-refractivity contribution in [1.29, 1.82) is 0 Å². The maximum absolute atomic E-state index is 13.7. The molecule has 3 amide bonds. The van der Waals surface area contributed by atoms with Crippen molar-refractivity contribution in [2.45, 2.75) is 13.1 Å². The van der Waals surface area contributed by atoms with E-state index in [2.05, 4.69) is 35.6 Å². The van der Waals surface area contributed by atoms with Crippen molar-refractivity contribution in [2.75, 3.05) is 29.7 Å². The van der Waals surface area contributed by atoms with E-state index >= 15 is 0 Å². The molecule has 0 saturated heterocycles. The van der Waals surface area contributed by atoms with Gasteiger partial charge in [-0.2, -0.15) is 13.2 Å². The Hall–Kier alpha value is -5.40. The number of nitrogens with zero attached hydrogens (tertiary/aromatic N) is 4. The number of imidazole rings is 1. The number of amides is 3. The minimum atomic E-state index is -4.69. The van der Waals surface area contributed by atoms with Gasteiger partial charge in [-0.3, -0.25) is 9.69 Å². The number of urea groups is 1. The minimum Gasteiger partial charge on any atom is -0.497 e. The van der Waals surface area contributed by atoms with Gasteiger partial charge in [0.25, 0.3) is 5.91 Å². The monoisotopic (exact) mass is 564 g/mol. The van der Waals surface area contributed by atoms with Crippen LogP contribution in [0.3, 0.4) is 0 Å². The molecular formula is C27H23F3N8O3. The van der Waals surface area contributed by atoms with Crippen LogP contribution in [0.4, 0.5) is 35.2 Å². The summed E-state index contributed by atoms with van der Waals surface area (Å²) in [7, 11) is 2.92. The van der Waals surface area contributed by atoms with E-state index in [1.54, 1.807) is 19.2 Å². The van der Waals surface area contributed by atoms with Crippen LogP contribution in [-0.2, 0) is 6.18 Å². The average molecular weight is 565 g/mol. The number of carbonyl (C=O) groups excluding carboxylic acids is 2. The number of alkyl halides is 3. The fourth-order valence-corrected chi connectivity index (χ4v) is 4.11. The van der Waals surface area contributed by atoms with Crippen molar-refractivity contribution in [2.24, 2.45) is 0 Å². The van der Waals surface area contributed by atoms with Crippen molar-refractivity contribution in [3.05, 3.63) is 78.0 Å². The number of ether oxygens (including phenoxy) is 1. The molecule has 14 heteroatoms. The number of H-pyrrole nitrogens is 2. The average Bonchev–Trinajstić information content (AvgIpc) is 3.60. The Bertz CT molecular complexity index is 1760. The number of fused-ring (bicyclic) bond motifs is 1. The van der Waals surface area contributed by atoms with Crippen LogP contribution in [0.5, 0.6) is 5.75 Å². The normalized spacial score (nSPS) is 11.4. The summed E-state index contributed by atoms with van der Waals surface area (Å²) in [5, 5.41) is 5.93. The van der Waals surface area contributed by atoms with Crippen molar-refractivity contribution in [3.8, 4) is 17.1 Å². The first-order chi connectivity index (χ1) is 19.5. The van der Waals surface area contributed by atoms with Crippen molar-refractivity contribution in [3.63, 3.8) is 0 Å². The van der Waals surface area contributed by atoms with Crippen molar-refractivity contribution >= 4 is 40.2 Å². The summed E-state index contributed by atoms with van der Waals surface area (Å²) in [6.07, 6.45) is -0.218. The van der Waals surface area contributed by atoms with E-state index in [0.717, 1.165) is 12.1 Å². The van der Waals surface area contributed by atoms with E-state index < -0.39 is 23.7 Å². The fraction of sp³-hybridized carbons (Fsp3) is 0.148. The zero-order chi connectivity index (χ0) is 29.3. The second kappa shape index (κ2) is 10.6. The Balaban J connectivity index is 1.41. The van der Waals surface area contributed by atoms with Gasteiger partial charge in [0.2, 0.25) is 0 Å². The lowest BCUT2D eigenvalue weighted by Gasteiger charge is -2.18. The predicted molar refractivity (Wildman–Crippen MR) is 146 cm³/mol. The Morgan fingerprint density at radius 1 is 1.00 bits per heavy atom. The number of methoxy groups -OCH3 is 1. The molecule has 5 aromatic rings. The predicted octanol–water partition coefficient (Wildman–Crippen LogP) is 5.60. The van der Waals surface area contributed by atoms with Gasteiger partial charge in [-0.05, 0) is 37.3 Å². The minimum absolute atomic E-state index is 0.0981. The number of anilines is 3. The third kappa shape index (κ3) is 5.80. The van der Waals surface area contributed by atoms with Crippen LogP contribution in [0, 0.1) is 6.92 Å². The third-order valence-electron chi connectivity index (χ3n) is 6.11. The lowest BCUT2D eigenvalue weighted by Crippen LogP contribution is -2.32. The smallest absolute Gasteiger partial charge is 0.416 e. The quantitative estimate of drug-likeness (QED) is 0.212. The molecule has 4 N–H and O–H groups in total. The highest BCUT2D eigenvalue weighted by Gasteiger charge is 2.32. The van der Waals surface area contributed by atoms with Gasteiger partial charge in [0.15, 0.2) is 0 Å². The highest BCUT2D eigenvalue weighted by atomic mass is 19.4. The zero-order valence-electron chi connectivity index (χ0n) is 21.9. The molecule has 0 spiro atoms. The standard InChI is InChI=1S/C27H23F3N8O3/c1-14-12-32-22(35-14)15-6-16(8-17(7-15)27(28,29)30)25(39)36-18-9-19(11-20(10-18)41-3)37-26(40)38(2)24-21-4-5-31-23(21)33-13-34-24/h4-13H,1-3H3,(H,32,35)(H,36,39)(H,37,40)(H,31,33,34). The summed E-state index contributed by atoms with van der Waals surface area (Å²) in [5.41, 5.74) is 0.495. The van der Waals surface area contributed by atoms with Gasteiger partial charge < -0.3 is 25.3 Å². The number of hydrogen-bond donors (Lipinski definition) is 4. The fourth-order valence-electron chi connectivity index (χ4n) is 4.11. The first-order valence-electron chi connectivity index (χ1n) is 12.1. The van der Waals surface area contributed by atoms with Gasteiger partial charge in [0, 0.05) is 59.8 Å². The number of rotatable bonds is 6. The maximum Gasteiger partial charge on any atom is 0.416 e. The van der Waals surface area contributed by atoms with Crippen LogP contribution >= 0.6 is 0 Å². The van der Waals surface area contributed by atoms with E-state index in [4.69, 9.17) is 4.74 Å². The zero-order valence-corrected chi connectivity index (χ0v) is 21.9. The molecule has 210 valence electrons. The third-order valence-corrected chi connectivity index (χ3v) is 6.11. The molecule has 0 aliphatic carbocycles. The molecule has 0 bridgehead atoms. The van der Waals surface area contributed by atoms with Gasteiger partial charge in [0.05, 0.1) is 18.1 Å². The Kier molecular flexibility index (Phi) is 7.05. The highest BCUT2D eigenvalue weighted by molar-refractivity contribution is 6.07. The molecule has 5 rings (SSSR count). The van der Waals surface area contributed by atoms with Crippen LogP contribution in [0.25, 0.3) is 22.4 Å². The summed E-state index contributed by atoms with van der Waals surface area (Å²) < 4.78 is 46.3. The summed E-state index contributed by atoms with van der Waals surface area (Å²) in [4.78, 5) is 45.7. The number of hydrogen-bond acceptors (Lipinski definition) is 6. The molecule has 0 aliphatic rings. The van der Waals surface area contributed by atoms with Crippen LogP contribution in [0.1, 0.15) is 21.6 Å². The van der Waals surface area contributed by atoms with Gasteiger partial charge in [-0.25, -0.2) is 19.7 Å². The molecule has 0 aliphatic heterocycles. The van der Waals surface area contributed by atoms with E-state index in [1.807, 2.05) is 0 Å². The molecular weight excluding hydrogens is 541 g/mol. The molecule has 3 aromatic heterocycles. The van der Waals surface area contributed by atoms with E-state index in [1.165, 1.54) is 55.8 Å². The molecule has 11 nitrogen and oxygen atoms in total. The summed E-state index contributed by atoms with van der Waals surface area (Å²) in [5.74, 6) is 0.0294. The first-order valence-corrected chi connectivity index (χ1v) is 12.1. The lowest BCUT2D eigenvalue weighted by atomic mass is 10.0. The number of nitrogens with one attached hydrogen (secondary N) is 4. The molecule has 0 atom stereocenters.